The van der Waals surface area contributed by atoms with E-state index in [0.717, 1.165) is 6.54 Å². The van der Waals surface area contributed by atoms with Gasteiger partial charge in [-0.1, -0.05) is 18.2 Å². The smallest absolute Gasteiger partial charge is 0.0343 e. The van der Waals surface area contributed by atoms with Crippen LogP contribution in [0.1, 0.15) is 24.5 Å². The van der Waals surface area contributed by atoms with Gasteiger partial charge in [0.1, 0.15) is 0 Å². The highest BCUT2D eigenvalue weighted by Crippen LogP contribution is 2.22. The second kappa shape index (κ2) is 3.65. The molecule has 0 fully saturated rings. The van der Waals surface area contributed by atoms with Crippen LogP contribution in [0.3, 0.4) is 0 Å². The molecule has 0 amide bonds. The van der Waals surface area contributed by atoms with Gasteiger partial charge in [0.25, 0.3) is 0 Å². The standard InChI is InChI=1S/C12H15N/c1-2-13-12-8-7-10-5-3-4-6-11(10)9-12/h3,5,7-9,13H,2,4,6H2,1H3. The predicted molar refractivity (Wildman–Crippen MR) is 58.0 cm³/mol. The van der Waals surface area contributed by atoms with Gasteiger partial charge < -0.3 is 5.32 Å². The number of benzene rings is 1. The molecule has 1 nitrogen and oxygen atoms in total. The molecule has 1 aliphatic carbocycles. The molecule has 0 spiro atoms. The van der Waals surface area contributed by atoms with Crippen LogP contribution in [0.5, 0.6) is 0 Å². The van der Waals surface area contributed by atoms with Crippen molar-refractivity contribution in [2.45, 2.75) is 19.8 Å². The molecule has 0 aromatic heterocycles. The summed E-state index contributed by atoms with van der Waals surface area (Å²) in [5, 5.41) is 3.33. The summed E-state index contributed by atoms with van der Waals surface area (Å²) >= 11 is 0. The maximum Gasteiger partial charge on any atom is 0.0343 e. The Kier molecular flexibility index (Phi) is 2.35. The summed E-state index contributed by atoms with van der Waals surface area (Å²) in [6.07, 6.45) is 6.83. The second-order valence-electron chi connectivity index (χ2n) is 3.38. The summed E-state index contributed by atoms with van der Waals surface area (Å²) in [4.78, 5) is 0. The molecule has 0 heterocycles. The first-order valence-electron chi connectivity index (χ1n) is 4.93. The molecule has 13 heavy (non-hydrogen) atoms. The van der Waals surface area contributed by atoms with Crippen LogP contribution in [-0.4, -0.2) is 6.54 Å². The monoisotopic (exact) mass is 173 g/mol. The zero-order chi connectivity index (χ0) is 9.10. The van der Waals surface area contributed by atoms with E-state index in [1.54, 1.807) is 0 Å². The van der Waals surface area contributed by atoms with Gasteiger partial charge in [-0.2, -0.15) is 0 Å². The molecule has 1 heteroatoms. The van der Waals surface area contributed by atoms with E-state index in [1.165, 1.54) is 29.7 Å². The molecule has 0 aliphatic heterocycles. The van der Waals surface area contributed by atoms with E-state index in [1.807, 2.05) is 0 Å². The van der Waals surface area contributed by atoms with E-state index in [4.69, 9.17) is 0 Å². The van der Waals surface area contributed by atoms with E-state index in [0.29, 0.717) is 0 Å². The Hall–Kier alpha value is -1.24. The van der Waals surface area contributed by atoms with Crippen LogP contribution in [0.15, 0.2) is 24.3 Å². The lowest BCUT2D eigenvalue weighted by Crippen LogP contribution is -1.99. The number of fused-ring (bicyclic) bond motifs is 1. The fourth-order valence-electron chi connectivity index (χ4n) is 1.75. The van der Waals surface area contributed by atoms with Gasteiger partial charge in [0.05, 0.1) is 0 Å². The number of hydrogen-bond donors (Lipinski definition) is 1. The van der Waals surface area contributed by atoms with Gasteiger partial charge in [0.2, 0.25) is 0 Å². The maximum absolute atomic E-state index is 3.33. The molecule has 0 saturated heterocycles. The average Bonchev–Trinajstić information content (AvgIpc) is 2.18. The van der Waals surface area contributed by atoms with Gasteiger partial charge in [-0.3, -0.25) is 0 Å². The topological polar surface area (TPSA) is 12.0 Å². The van der Waals surface area contributed by atoms with Crippen LogP contribution < -0.4 is 5.32 Å². The second-order valence-corrected chi connectivity index (χ2v) is 3.38. The van der Waals surface area contributed by atoms with Crippen LogP contribution in [0.2, 0.25) is 0 Å². The van der Waals surface area contributed by atoms with E-state index >= 15 is 0 Å². The Labute approximate surface area is 79.5 Å². The molecular formula is C12H15N. The summed E-state index contributed by atoms with van der Waals surface area (Å²) in [6, 6.07) is 6.61. The van der Waals surface area contributed by atoms with Crippen molar-refractivity contribution in [1.82, 2.24) is 0 Å². The Bertz CT molecular complexity index is 326. The highest BCUT2D eigenvalue weighted by molar-refractivity contribution is 5.61. The van der Waals surface area contributed by atoms with Gasteiger partial charge >= 0.3 is 0 Å². The third-order valence-electron chi connectivity index (χ3n) is 2.40. The zero-order valence-electron chi connectivity index (χ0n) is 8.01. The van der Waals surface area contributed by atoms with Crippen LogP contribution in [0, 0.1) is 0 Å². The van der Waals surface area contributed by atoms with Gasteiger partial charge in [-0.15, -0.1) is 0 Å². The third kappa shape index (κ3) is 1.74. The molecule has 0 saturated carbocycles. The lowest BCUT2D eigenvalue weighted by atomic mass is 9.97. The zero-order valence-corrected chi connectivity index (χ0v) is 8.01. The Balaban J connectivity index is 2.31. The van der Waals surface area contributed by atoms with Gasteiger partial charge in [0, 0.05) is 12.2 Å². The van der Waals surface area contributed by atoms with Crippen LogP contribution in [0.25, 0.3) is 6.08 Å². The van der Waals surface area contributed by atoms with Gasteiger partial charge in [-0.25, -0.2) is 0 Å². The minimum absolute atomic E-state index is 0.995. The van der Waals surface area contributed by atoms with Crippen molar-refractivity contribution in [3.05, 3.63) is 35.4 Å². The SMILES string of the molecule is CCNc1ccc2c(c1)CCC=C2. The number of rotatable bonds is 2. The lowest BCUT2D eigenvalue weighted by molar-refractivity contribution is 0.985. The van der Waals surface area contributed by atoms with Crippen LogP contribution in [-0.2, 0) is 6.42 Å². The van der Waals surface area contributed by atoms with E-state index in [9.17, 15) is 0 Å². The van der Waals surface area contributed by atoms with Crippen molar-refractivity contribution in [3.8, 4) is 0 Å². The minimum atomic E-state index is 0.995. The summed E-state index contributed by atoms with van der Waals surface area (Å²) < 4.78 is 0. The van der Waals surface area contributed by atoms with E-state index in [-0.39, 0.29) is 0 Å². The predicted octanol–water partition coefficient (Wildman–Crippen LogP) is 3.08. The quantitative estimate of drug-likeness (QED) is 0.724. The van der Waals surface area contributed by atoms with Crippen molar-refractivity contribution >= 4 is 11.8 Å². The van der Waals surface area contributed by atoms with Crippen molar-refractivity contribution in [3.63, 3.8) is 0 Å². The summed E-state index contributed by atoms with van der Waals surface area (Å²) in [5.41, 5.74) is 4.10. The minimum Gasteiger partial charge on any atom is -0.385 e. The molecule has 1 N–H and O–H groups in total. The van der Waals surface area contributed by atoms with Crippen molar-refractivity contribution < 1.29 is 0 Å². The molecule has 0 radical (unpaired) electrons. The number of hydrogen-bond acceptors (Lipinski definition) is 1. The molecular weight excluding hydrogens is 158 g/mol. The Morgan fingerprint density at radius 3 is 3.15 bits per heavy atom. The molecule has 2 rings (SSSR count). The fourth-order valence-corrected chi connectivity index (χ4v) is 1.75. The number of nitrogens with one attached hydrogen (secondary N) is 1. The maximum atomic E-state index is 3.33. The van der Waals surface area contributed by atoms with E-state index < -0.39 is 0 Å². The average molecular weight is 173 g/mol. The van der Waals surface area contributed by atoms with Gasteiger partial charge in [-0.05, 0) is 43.0 Å². The summed E-state index contributed by atoms with van der Waals surface area (Å²) in [5.74, 6) is 0. The molecule has 0 bridgehead atoms. The molecule has 0 atom stereocenters. The van der Waals surface area contributed by atoms with Crippen molar-refractivity contribution in [2.75, 3.05) is 11.9 Å². The number of aryl methyl sites for hydroxylation is 1. The van der Waals surface area contributed by atoms with Crippen LogP contribution >= 0.6 is 0 Å². The first kappa shape index (κ1) is 8.36. The van der Waals surface area contributed by atoms with Crippen molar-refractivity contribution in [1.29, 1.82) is 0 Å². The lowest BCUT2D eigenvalue weighted by Gasteiger charge is -2.12. The Morgan fingerprint density at radius 2 is 2.31 bits per heavy atom. The fraction of sp³-hybridized carbons (Fsp3) is 0.333. The molecule has 0 unspecified atom stereocenters. The van der Waals surface area contributed by atoms with E-state index in [2.05, 4.69) is 42.6 Å². The largest absolute Gasteiger partial charge is 0.385 e. The number of anilines is 1. The molecule has 1 aliphatic rings. The first-order chi connectivity index (χ1) is 6.40. The summed E-state index contributed by atoms with van der Waals surface area (Å²) in [7, 11) is 0. The van der Waals surface area contributed by atoms with Crippen LogP contribution in [0.4, 0.5) is 5.69 Å². The third-order valence-corrected chi connectivity index (χ3v) is 2.40. The highest BCUT2D eigenvalue weighted by atomic mass is 14.8. The highest BCUT2D eigenvalue weighted by Gasteiger charge is 2.04. The Morgan fingerprint density at radius 1 is 1.38 bits per heavy atom. The molecule has 1 aromatic rings. The van der Waals surface area contributed by atoms with Crippen molar-refractivity contribution in [2.24, 2.45) is 0 Å². The van der Waals surface area contributed by atoms with Gasteiger partial charge in [0.15, 0.2) is 0 Å². The molecule has 68 valence electrons. The number of allylic oxidation sites excluding steroid dienone is 1. The normalized spacial score (nSPS) is 13.9. The summed E-state index contributed by atoms with van der Waals surface area (Å²) in [6.45, 7) is 3.12. The molecule has 1 aromatic carbocycles. The first-order valence-corrected chi connectivity index (χ1v) is 4.93.